The molecule has 0 spiro atoms. The maximum atomic E-state index is 12.9. The number of carbonyl (C=O) groups excluding carboxylic acids is 5. The van der Waals surface area contributed by atoms with E-state index in [0.29, 0.717) is 5.56 Å². The third kappa shape index (κ3) is 8.72. The standard InChI is InChI=1S/C24H31NO12/c1-6-32-22(29)17(25-24(30)33-12-16-10-8-7-9-11-16)18(34-13(2)26)19-20(35-14(3)27)21(36-15(4)28)23(31-5)37-19/h7-11,17-21,23H,6,12H2,1-5H3,(H,25,30)/t17-,18-,19-,20-,21-,23-/m1/s1. The highest BCUT2D eigenvalue weighted by Gasteiger charge is 2.56. The second-order valence-electron chi connectivity index (χ2n) is 7.86. The molecule has 13 nitrogen and oxygen atoms in total. The van der Waals surface area contributed by atoms with Crippen LogP contribution < -0.4 is 5.32 Å². The Balaban J connectivity index is 2.39. The van der Waals surface area contributed by atoms with Crippen molar-refractivity contribution in [3.05, 3.63) is 35.9 Å². The van der Waals surface area contributed by atoms with Crippen LogP contribution in [0.4, 0.5) is 4.79 Å². The number of methoxy groups -OCH3 is 1. The van der Waals surface area contributed by atoms with Gasteiger partial charge in [0.25, 0.3) is 0 Å². The van der Waals surface area contributed by atoms with Gasteiger partial charge in [0.15, 0.2) is 30.6 Å². The molecule has 1 heterocycles. The van der Waals surface area contributed by atoms with Crippen molar-refractivity contribution in [3.8, 4) is 0 Å². The van der Waals surface area contributed by atoms with Crippen molar-refractivity contribution < 1.29 is 57.1 Å². The van der Waals surface area contributed by atoms with E-state index in [4.69, 9.17) is 33.2 Å². The monoisotopic (exact) mass is 525 g/mol. The summed E-state index contributed by atoms with van der Waals surface area (Å²) in [5, 5.41) is 2.33. The van der Waals surface area contributed by atoms with Crippen LogP contribution >= 0.6 is 0 Å². The molecule has 0 bridgehead atoms. The van der Waals surface area contributed by atoms with Gasteiger partial charge >= 0.3 is 30.0 Å². The lowest BCUT2D eigenvalue weighted by Crippen LogP contribution is -2.58. The zero-order chi connectivity index (χ0) is 27.5. The van der Waals surface area contributed by atoms with Gasteiger partial charge in [-0.15, -0.1) is 0 Å². The van der Waals surface area contributed by atoms with Crippen molar-refractivity contribution in [3.63, 3.8) is 0 Å². The molecule has 1 aromatic carbocycles. The molecular weight excluding hydrogens is 494 g/mol. The lowest BCUT2D eigenvalue weighted by Gasteiger charge is -2.32. The van der Waals surface area contributed by atoms with E-state index in [0.717, 1.165) is 20.8 Å². The lowest BCUT2D eigenvalue weighted by atomic mass is 9.99. The average Bonchev–Trinajstić information content (AvgIpc) is 3.16. The number of esters is 4. The number of hydrogen-bond acceptors (Lipinski definition) is 12. The maximum Gasteiger partial charge on any atom is 0.408 e. The molecule has 1 aromatic rings. The molecule has 204 valence electrons. The number of ether oxygens (including phenoxy) is 7. The summed E-state index contributed by atoms with van der Waals surface area (Å²) in [6, 6.07) is 7.10. The van der Waals surface area contributed by atoms with Gasteiger partial charge in [-0.1, -0.05) is 30.3 Å². The topological polar surface area (TPSA) is 162 Å². The van der Waals surface area contributed by atoms with Crippen LogP contribution in [0.15, 0.2) is 30.3 Å². The summed E-state index contributed by atoms with van der Waals surface area (Å²) in [6.45, 7) is 4.64. The van der Waals surface area contributed by atoms with Gasteiger partial charge in [-0.3, -0.25) is 14.4 Å². The Kier molecular flexibility index (Phi) is 11.3. The van der Waals surface area contributed by atoms with Crippen molar-refractivity contribution in [2.45, 2.75) is 71.0 Å². The Morgan fingerprint density at radius 2 is 1.54 bits per heavy atom. The maximum absolute atomic E-state index is 12.9. The normalized spacial score (nSPS) is 22.2. The second-order valence-corrected chi connectivity index (χ2v) is 7.86. The first-order valence-corrected chi connectivity index (χ1v) is 11.4. The van der Waals surface area contributed by atoms with Gasteiger partial charge in [0, 0.05) is 27.9 Å². The van der Waals surface area contributed by atoms with E-state index in [2.05, 4.69) is 5.32 Å². The van der Waals surface area contributed by atoms with Crippen LogP contribution in [0.2, 0.25) is 0 Å². The average molecular weight is 526 g/mol. The molecule has 13 heteroatoms. The molecule has 0 radical (unpaired) electrons. The lowest BCUT2D eigenvalue weighted by molar-refractivity contribution is -0.191. The first kappa shape index (κ1) is 29.5. The predicted molar refractivity (Wildman–Crippen MR) is 123 cm³/mol. The van der Waals surface area contributed by atoms with Crippen molar-refractivity contribution in [1.29, 1.82) is 0 Å². The molecule has 0 aliphatic carbocycles. The molecule has 0 aromatic heterocycles. The van der Waals surface area contributed by atoms with Crippen LogP contribution in [0.1, 0.15) is 33.3 Å². The highest BCUT2D eigenvalue weighted by Crippen LogP contribution is 2.32. The van der Waals surface area contributed by atoms with Gasteiger partial charge in [-0.2, -0.15) is 0 Å². The Morgan fingerprint density at radius 3 is 2.08 bits per heavy atom. The molecule has 2 rings (SSSR count). The molecule has 1 fully saturated rings. The van der Waals surface area contributed by atoms with Crippen LogP contribution in [0.25, 0.3) is 0 Å². The summed E-state index contributed by atoms with van der Waals surface area (Å²) in [4.78, 5) is 61.1. The fourth-order valence-corrected chi connectivity index (χ4v) is 3.66. The summed E-state index contributed by atoms with van der Waals surface area (Å²) >= 11 is 0. The predicted octanol–water partition coefficient (Wildman–Crippen LogP) is 1.01. The van der Waals surface area contributed by atoms with Gasteiger partial charge in [-0.25, -0.2) is 9.59 Å². The van der Waals surface area contributed by atoms with Crippen LogP contribution in [-0.2, 0) is 58.9 Å². The van der Waals surface area contributed by atoms with E-state index >= 15 is 0 Å². The first-order valence-electron chi connectivity index (χ1n) is 11.4. The third-order valence-corrected chi connectivity index (χ3v) is 5.02. The molecule has 1 aliphatic heterocycles. The van der Waals surface area contributed by atoms with Crippen molar-refractivity contribution in [2.24, 2.45) is 0 Å². The van der Waals surface area contributed by atoms with Gasteiger partial charge in [-0.05, 0) is 12.5 Å². The molecule has 0 unspecified atom stereocenters. The Bertz CT molecular complexity index is 952. The van der Waals surface area contributed by atoms with Crippen molar-refractivity contribution in [1.82, 2.24) is 5.32 Å². The van der Waals surface area contributed by atoms with Crippen molar-refractivity contribution >= 4 is 30.0 Å². The largest absolute Gasteiger partial charge is 0.464 e. The highest BCUT2D eigenvalue weighted by molar-refractivity contribution is 5.82. The van der Waals surface area contributed by atoms with Crippen LogP contribution in [0, 0.1) is 0 Å². The minimum atomic E-state index is -1.66. The van der Waals surface area contributed by atoms with E-state index in [1.807, 2.05) is 0 Å². The van der Waals surface area contributed by atoms with Gasteiger partial charge in [0.05, 0.1) is 6.61 Å². The molecule has 0 saturated carbocycles. The minimum absolute atomic E-state index is 0.0709. The van der Waals surface area contributed by atoms with Crippen LogP contribution in [-0.4, -0.2) is 80.4 Å². The number of hydrogen-bond donors (Lipinski definition) is 1. The summed E-state index contributed by atoms with van der Waals surface area (Å²) < 4.78 is 37.2. The third-order valence-electron chi connectivity index (χ3n) is 5.02. The highest BCUT2D eigenvalue weighted by atomic mass is 16.7. The Morgan fingerprint density at radius 1 is 0.919 bits per heavy atom. The van der Waals surface area contributed by atoms with E-state index in [1.54, 1.807) is 30.3 Å². The quantitative estimate of drug-likeness (QED) is 0.323. The van der Waals surface area contributed by atoms with Gasteiger partial charge in [0.1, 0.15) is 12.7 Å². The van der Waals surface area contributed by atoms with Gasteiger partial charge < -0.3 is 38.5 Å². The number of rotatable bonds is 11. The Labute approximate surface area is 213 Å². The molecule has 37 heavy (non-hydrogen) atoms. The number of alkyl carbamates (subject to hydrolysis) is 1. The minimum Gasteiger partial charge on any atom is -0.464 e. The number of nitrogens with one attached hydrogen (secondary N) is 1. The molecular formula is C24H31NO12. The SMILES string of the molecule is CCOC(=O)[C@H](NC(=O)OCc1ccccc1)[C@@H](OC(C)=O)[C@H]1O[C@@H](OC)[C@H](OC(C)=O)[C@@H]1OC(C)=O. The summed E-state index contributed by atoms with van der Waals surface area (Å²) in [6.07, 6.45) is -7.98. The molecule has 1 N–H and O–H groups in total. The van der Waals surface area contributed by atoms with E-state index in [-0.39, 0.29) is 13.2 Å². The Hall–Kier alpha value is -3.71. The zero-order valence-corrected chi connectivity index (χ0v) is 21.2. The summed E-state index contributed by atoms with van der Waals surface area (Å²) in [7, 11) is 1.25. The van der Waals surface area contributed by atoms with Crippen LogP contribution in [0.3, 0.4) is 0 Å². The number of amides is 1. The summed E-state index contributed by atoms with van der Waals surface area (Å²) in [5.74, 6) is -3.35. The van der Waals surface area contributed by atoms with E-state index < -0.39 is 66.7 Å². The fraction of sp³-hybridized carbons (Fsp3) is 0.542. The molecule has 6 atom stereocenters. The number of benzene rings is 1. The summed E-state index contributed by atoms with van der Waals surface area (Å²) in [5.41, 5.74) is 0.683. The van der Waals surface area contributed by atoms with Crippen LogP contribution in [0.5, 0.6) is 0 Å². The first-order chi connectivity index (χ1) is 17.6. The van der Waals surface area contributed by atoms with E-state index in [9.17, 15) is 24.0 Å². The molecule has 1 amide bonds. The molecule has 1 aliphatic rings. The smallest absolute Gasteiger partial charge is 0.408 e. The van der Waals surface area contributed by atoms with Crippen molar-refractivity contribution in [2.75, 3.05) is 13.7 Å². The molecule has 1 saturated heterocycles. The van der Waals surface area contributed by atoms with E-state index in [1.165, 1.54) is 14.0 Å². The fourth-order valence-electron chi connectivity index (χ4n) is 3.66. The number of carbonyl (C=O) groups is 5. The zero-order valence-electron chi connectivity index (χ0n) is 21.2. The second kappa shape index (κ2) is 14.1. The van der Waals surface area contributed by atoms with Gasteiger partial charge in [0.2, 0.25) is 0 Å².